The summed E-state index contributed by atoms with van der Waals surface area (Å²) < 4.78 is 39.4. The standard InChI is InChI=1S/C18H19F3N4O2/c1-23-8-5-13(11-16(23)26)17(27)25-7-2-6-24(9-10-25)15-4-3-14(12-22-15)18(19,20)21/h3-5,8,11-12H,2,6-7,9-10H2,1H3. The highest BCUT2D eigenvalue weighted by Gasteiger charge is 2.31. The summed E-state index contributed by atoms with van der Waals surface area (Å²) in [5.41, 5.74) is -0.714. The number of amides is 1. The molecule has 1 aliphatic heterocycles. The molecular weight excluding hydrogens is 361 g/mol. The predicted octanol–water partition coefficient (Wildman–Crippen LogP) is 2.15. The number of alkyl halides is 3. The van der Waals surface area contributed by atoms with E-state index in [9.17, 15) is 22.8 Å². The van der Waals surface area contributed by atoms with Crippen molar-refractivity contribution in [2.45, 2.75) is 12.6 Å². The Labute approximate surface area is 153 Å². The fourth-order valence-electron chi connectivity index (χ4n) is 2.95. The monoisotopic (exact) mass is 380 g/mol. The van der Waals surface area contributed by atoms with E-state index in [1.807, 2.05) is 4.90 Å². The van der Waals surface area contributed by atoms with E-state index < -0.39 is 11.7 Å². The normalized spacial score (nSPS) is 15.6. The van der Waals surface area contributed by atoms with E-state index in [0.29, 0.717) is 44.0 Å². The Morgan fingerprint density at radius 3 is 2.52 bits per heavy atom. The molecule has 0 bridgehead atoms. The maximum Gasteiger partial charge on any atom is 0.417 e. The second-order valence-corrected chi connectivity index (χ2v) is 6.40. The van der Waals surface area contributed by atoms with Gasteiger partial charge < -0.3 is 14.4 Å². The summed E-state index contributed by atoms with van der Waals surface area (Å²) in [6.45, 7) is 1.94. The zero-order chi connectivity index (χ0) is 19.6. The largest absolute Gasteiger partial charge is 0.417 e. The molecule has 3 rings (SSSR count). The number of aryl methyl sites for hydroxylation is 1. The lowest BCUT2D eigenvalue weighted by atomic mass is 10.2. The van der Waals surface area contributed by atoms with Crippen molar-refractivity contribution in [2.24, 2.45) is 7.05 Å². The molecule has 0 spiro atoms. The maximum atomic E-state index is 12.7. The molecule has 3 heterocycles. The Hall–Kier alpha value is -2.84. The van der Waals surface area contributed by atoms with Crippen LogP contribution in [0.3, 0.4) is 0 Å². The van der Waals surface area contributed by atoms with Crippen LogP contribution in [0.15, 0.2) is 41.5 Å². The first-order valence-electron chi connectivity index (χ1n) is 8.50. The molecule has 9 heteroatoms. The van der Waals surface area contributed by atoms with Gasteiger partial charge in [0.25, 0.3) is 11.5 Å². The second-order valence-electron chi connectivity index (χ2n) is 6.40. The molecule has 2 aromatic heterocycles. The first-order chi connectivity index (χ1) is 12.8. The number of pyridine rings is 2. The van der Waals surface area contributed by atoms with Gasteiger partial charge in [0.15, 0.2) is 0 Å². The maximum absolute atomic E-state index is 12.7. The highest BCUT2D eigenvalue weighted by molar-refractivity contribution is 5.94. The molecule has 1 amide bonds. The fourth-order valence-corrected chi connectivity index (χ4v) is 2.95. The molecule has 6 nitrogen and oxygen atoms in total. The van der Waals surface area contributed by atoms with Crippen molar-refractivity contribution in [2.75, 3.05) is 31.1 Å². The van der Waals surface area contributed by atoms with Gasteiger partial charge in [-0.2, -0.15) is 13.2 Å². The minimum Gasteiger partial charge on any atom is -0.355 e. The van der Waals surface area contributed by atoms with Crippen molar-refractivity contribution < 1.29 is 18.0 Å². The summed E-state index contributed by atoms with van der Waals surface area (Å²) in [5.74, 6) is 0.223. The second kappa shape index (κ2) is 7.42. The molecule has 27 heavy (non-hydrogen) atoms. The molecule has 144 valence electrons. The Kier molecular flexibility index (Phi) is 5.20. The van der Waals surface area contributed by atoms with Crippen LogP contribution in [0.1, 0.15) is 22.3 Å². The number of anilines is 1. The van der Waals surface area contributed by atoms with Gasteiger partial charge in [-0.3, -0.25) is 9.59 Å². The topological polar surface area (TPSA) is 58.4 Å². The van der Waals surface area contributed by atoms with Gasteiger partial charge in [-0.05, 0) is 24.6 Å². The molecule has 0 N–H and O–H groups in total. The third kappa shape index (κ3) is 4.29. The molecule has 0 atom stereocenters. The number of halogens is 3. The Morgan fingerprint density at radius 1 is 1.11 bits per heavy atom. The van der Waals surface area contributed by atoms with Crippen LogP contribution in [0.2, 0.25) is 0 Å². The lowest BCUT2D eigenvalue weighted by Crippen LogP contribution is -2.36. The Balaban J connectivity index is 1.69. The first kappa shape index (κ1) is 18.9. The highest BCUT2D eigenvalue weighted by atomic mass is 19.4. The highest BCUT2D eigenvalue weighted by Crippen LogP contribution is 2.29. The molecule has 1 fully saturated rings. The van der Waals surface area contributed by atoms with Gasteiger partial charge >= 0.3 is 6.18 Å². The summed E-state index contributed by atoms with van der Waals surface area (Å²) in [5, 5.41) is 0. The van der Waals surface area contributed by atoms with Crippen LogP contribution in [-0.2, 0) is 13.2 Å². The van der Waals surface area contributed by atoms with Crippen molar-refractivity contribution in [1.82, 2.24) is 14.5 Å². The van der Waals surface area contributed by atoms with E-state index in [1.54, 1.807) is 24.2 Å². The summed E-state index contributed by atoms with van der Waals surface area (Å²) in [6.07, 6.45) is -1.39. The van der Waals surface area contributed by atoms with E-state index in [-0.39, 0.29) is 11.5 Å². The number of carbonyl (C=O) groups excluding carboxylic acids is 1. The molecule has 2 aromatic rings. The molecule has 0 radical (unpaired) electrons. The molecule has 0 saturated carbocycles. The number of hydrogen-bond donors (Lipinski definition) is 0. The van der Waals surface area contributed by atoms with Gasteiger partial charge in [0.1, 0.15) is 5.82 Å². The summed E-state index contributed by atoms with van der Waals surface area (Å²) in [6, 6.07) is 5.27. The van der Waals surface area contributed by atoms with E-state index in [2.05, 4.69) is 4.98 Å². The quantitative estimate of drug-likeness (QED) is 0.801. The number of nitrogens with zero attached hydrogens (tertiary/aromatic N) is 4. The summed E-state index contributed by atoms with van der Waals surface area (Å²) in [7, 11) is 1.61. The van der Waals surface area contributed by atoms with Gasteiger partial charge in [0, 0.05) is 57.3 Å². The number of aromatic nitrogens is 2. The van der Waals surface area contributed by atoms with Crippen LogP contribution in [0.25, 0.3) is 0 Å². The average Bonchev–Trinajstić information content (AvgIpc) is 2.89. The predicted molar refractivity (Wildman–Crippen MR) is 93.7 cm³/mol. The van der Waals surface area contributed by atoms with Gasteiger partial charge in [-0.1, -0.05) is 0 Å². The zero-order valence-corrected chi connectivity index (χ0v) is 14.7. The van der Waals surface area contributed by atoms with Crippen LogP contribution >= 0.6 is 0 Å². The van der Waals surface area contributed by atoms with Crippen LogP contribution in [0.5, 0.6) is 0 Å². The van der Waals surface area contributed by atoms with E-state index in [1.165, 1.54) is 16.7 Å². The Bertz CT molecular complexity index is 877. The van der Waals surface area contributed by atoms with Crippen LogP contribution in [0.4, 0.5) is 19.0 Å². The zero-order valence-electron chi connectivity index (χ0n) is 14.7. The molecule has 1 saturated heterocycles. The van der Waals surface area contributed by atoms with Crippen LogP contribution < -0.4 is 10.5 Å². The Morgan fingerprint density at radius 2 is 1.89 bits per heavy atom. The number of carbonyl (C=O) groups is 1. The van der Waals surface area contributed by atoms with E-state index in [0.717, 1.165) is 12.3 Å². The van der Waals surface area contributed by atoms with Crippen molar-refractivity contribution in [3.05, 3.63) is 58.1 Å². The van der Waals surface area contributed by atoms with Crippen molar-refractivity contribution in [3.63, 3.8) is 0 Å². The number of hydrogen-bond acceptors (Lipinski definition) is 4. The minimum absolute atomic E-state index is 0.227. The SMILES string of the molecule is Cn1ccc(C(=O)N2CCCN(c3ccc(C(F)(F)F)cn3)CC2)cc1=O. The fraction of sp³-hybridized carbons (Fsp3) is 0.389. The van der Waals surface area contributed by atoms with E-state index in [4.69, 9.17) is 0 Å². The van der Waals surface area contributed by atoms with Crippen LogP contribution in [-0.4, -0.2) is 46.5 Å². The van der Waals surface area contributed by atoms with Crippen molar-refractivity contribution in [3.8, 4) is 0 Å². The average molecular weight is 380 g/mol. The molecule has 0 unspecified atom stereocenters. The smallest absolute Gasteiger partial charge is 0.355 e. The molecule has 0 aliphatic carbocycles. The van der Waals surface area contributed by atoms with Gasteiger partial charge in [0.2, 0.25) is 0 Å². The summed E-state index contributed by atoms with van der Waals surface area (Å²) >= 11 is 0. The van der Waals surface area contributed by atoms with Crippen LogP contribution in [0, 0.1) is 0 Å². The first-order valence-corrected chi connectivity index (χ1v) is 8.50. The molecule has 0 aromatic carbocycles. The molecular formula is C18H19F3N4O2. The lowest BCUT2D eigenvalue weighted by molar-refractivity contribution is -0.137. The summed E-state index contributed by atoms with van der Waals surface area (Å²) in [4.78, 5) is 31.8. The van der Waals surface area contributed by atoms with Crippen molar-refractivity contribution >= 4 is 11.7 Å². The van der Waals surface area contributed by atoms with E-state index >= 15 is 0 Å². The van der Waals surface area contributed by atoms with Gasteiger partial charge in [-0.15, -0.1) is 0 Å². The van der Waals surface area contributed by atoms with Gasteiger partial charge in [0.05, 0.1) is 5.56 Å². The third-order valence-corrected chi connectivity index (χ3v) is 4.53. The third-order valence-electron chi connectivity index (χ3n) is 4.53. The van der Waals surface area contributed by atoms with Crippen molar-refractivity contribution in [1.29, 1.82) is 0 Å². The number of rotatable bonds is 2. The molecule has 1 aliphatic rings. The minimum atomic E-state index is -4.42. The lowest BCUT2D eigenvalue weighted by Gasteiger charge is -2.23. The van der Waals surface area contributed by atoms with Gasteiger partial charge in [-0.25, -0.2) is 4.98 Å².